The molecule has 0 aromatic heterocycles. The van der Waals surface area contributed by atoms with Gasteiger partial charge in [0, 0.05) is 0 Å². The summed E-state index contributed by atoms with van der Waals surface area (Å²) in [6.45, 7) is -0.0857. The van der Waals surface area contributed by atoms with Crippen molar-refractivity contribution in [1.82, 2.24) is 0 Å². The van der Waals surface area contributed by atoms with Crippen LogP contribution in [-0.2, 0) is 9.47 Å². The molecule has 64 valence electrons. The molecule has 0 aromatic rings. The first-order valence-corrected chi connectivity index (χ1v) is 3.47. The Balaban J connectivity index is 2.17. The molecule has 2 aliphatic rings. The maximum absolute atomic E-state index is 9.18. The highest BCUT2D eigenvalue weighted by atomic mass is 16.7. The molecule has 0 unspecified atom stereocenters. The lowest BCUT2D eigenvalue weighted by Gasteiger charge is -2.18. The Kier molecular flexibility index (Phi) is 1.45. The number of fused-ring (bicyclic) bond motifs is 1. The topological polar surface area (TPSA) is 79.2 Å². The van der Waals surface area contributed by atoms with E-state index >= 15 is 0 Å². The molecule has 2 fully saturated rings. The summed E-state index contributed by atoms with van der Waals surface area (Å²) in [6.07, 6.45) is -2.11. The third-order valence-electron chi connectivity index (χ3n) is 2.07. The zero-order valence-corrected chi connectivity index (χ0v) is 5.80. The molecule has 11 heavy (non-hydrogen) atoms. The molecule has 0 bridgehead atoms. The van der Waals surface area contributed by atoms with Crippen molar-refractivity contribution in [2.75, 3.05) is 13.2 Å². The molecule has 2 heterocycles. The standard InChI is InChI=1S/C6H10O5/c7-3-1-10-5-4(3)11-2-6(5,8)9/h3-5,7-9H,1-2H2/t3-,4-,5+/m1/s1. The number of hydrogen-bond donors (Lipinski definition) is 3. The summed E-state index contributed by atoms with van der Waals surface area (Å²) in [6, 6.07) is 0. The number of aliphatic hydroxyl groups is 3. The van der Waals surface area contributed by atoms with Gasteiger partial charge in [-0.05, 0) is 0 Å². The van der Waals surface area contributed by atoms with Crippen molar-refractivity contribution >= 4 is 0 Å². The molecule has 0 saturated carbocycles. The molecule has 2 saturated heterocycles. The molecule has 0 aromatic carbocycles. The highest BCUT2D eigenvalue weighted by Crippen LogP contribution is 2.32. The average molecular weight is 162 g/mol. The van der Waals surface area contributed by atoms with Gasteiger partial charge in [0.25, 0.3) is 0 Å². The predicted molar refractivity (Wildman–Crippen MR) is 32.7 cm³/mol. The second-order valence-electron chi connectivity index (χ2n) is 2.98. The van der Waals surface area contributed by atoms with E-state index in [2.05, 4.69) is 0 Å². The Morgan fingerprint density at radius 3 is 2.64 bits per heavy atom. The first-order chi connectivity index (χ1) is 5.11. The molecule has 5 nitrogen and oxygen atoms in total. The highest BCUT2D eigenvalue weighted by Gasteiger charge is 2.55. The zero-order chi connectivity index (χ0) is 8.06. The lowest BCUT2D eigenvalue weighted by molar-refractivity contribution is -0.210. The lowest BCUT2D eigenvalue weighted by Crippen LogP contribution is -2.43. The Bertz CT molecular complexity index is 168. The monoisotopic (exact) mass is 162 g/mol. The third-order valence-corrected chi connectivity index (χ3v) is 2.07. The first-order valence-electron chi connectivity index (χ1n) is 3.47. The van der Waals surface area contributed by atoms with Crippen LogP contribution < -0.4 is 0 Å². The largest absolute Gasteiger partial charge is 0.388 e. The maximum atomic E-state index is 9.18. The van der Waals surface area contributed by atoms with Gasteiger partial charge < -0.3 is 24.8 Å². The summed E-state index contributed by atoms with van der Waals surface area (Å²) in [4.78, 5) is 0. The summed E-state index contributed by atoms with van der Waals surface area (Å²) in [5, 5.41) is 27.5. The van der Waals surface area contributed by atoms with Crippen LogP contribution in [0.15, 0.2) is 0 Å². The van der Waals surface area contributed by atoms with Crippen LogP contribution in [0.1, 0.15) is 0 Å². The summed E-state index contributed by atoms with van der Waals surface area (Å²) >= 11 is 0. The molecule has 3 N–H and O–H groups in total. The van der Waals surface area contributed by atoms with Gasteiger partial charge in [0.1, 0.15) is 24.9 Å². The average Bonchev–Trinajstić information content (AvgIpc) is 2.39. The van der Waals surface area contributed by atoms with E-state index < -0.39 is 24.1 Å². The summed E-state index contributed by atoms with van der Waals surface area (Å²) in [5.74, 6) is -1.93. The fourth-order valence-electron chi connectivity index (χ4n) is 1.49. The first kappa shape index (κ1) is 7.45. The van der Waals surface area contributed by atoms with Gasteiger partial charge in [-0.1, -0.05) is 0 Å². The van der Waals surface area contributed by atoms with E-state index in [0.29, 0.717) is 0 Å². The minimum absolute atomic E-state index is 0.109. The Hall–Kier alpha value is -0.200. The van der Waals surface area contributed by atoms with Gasteiger partial charge in [-0.15, -0.1) is 0 Å². The van der Waals surface area contributed by atoms with Gasteiger partial charge in [0.15, 0.2) is 0 Å². The highest BCUT2D eigenvalue weighted by molar-refractivity contribution is 4.97. The van der Waals surface area contributed by atoms with Crippen molar-refractivity contribution in [3.8, 4) is 0 Å². The number of aliphatic hydroxyl groups excluding tert-OH is 1. The summed E-state index contributed by atoms with van der Waals surface area (Å²) in [5.41, 5.74) is 0. The van der Waals surface area contributed by atoms with Crippen molar-refractivity contribution in [3.05, 3.63) is 0 Å². The van der Waals surface area contributed by atoms with E-state index in [1.807, 2.05) is 0 Å². The lowest BCUT2D eigenvalue weighted by atomic mass is 10.1. The Morgan fingerprint density at radius 2 is 2.00 bits per heavy atom. The van der Waals surface area contributed by atoms with Crippen molar-refractivity contribution < 1.29 is 24.8 Å². The quantitative estimate of drug-likeness (QED) is 0.353. The normalized spacial score (nSPS) is 47.7. The Labute approximate surface area is 63.2 Å². The van der Waals surface area contributed by atoms with Gasteiger partial charge in [0.2, 0.25) is 5.79 Å². The van der Waals surface area contributed by atoms with Gasteiger partial charge >= 0.3 is 0 Å². The van der Waals surface area contributed by atoms with Crippen LogP contribution in [0, 0.1) is 0 Å². The third kappa shape index (κ3) is 0.969. The fraction of sp³-hybridized carbons (Fsp3) is 1.00. The molecule has 0 radical (unpaired) electrons. The molecular weight excluding hydrogens is 152 g/mol. The second-order valence-corrected chi connectivity index (χ2v) is 2.98. The van der Waals surface area contributed by atoms with Crippen LogP contribution >= 0.6 is 0 Å². The molecule has 3 atom stereocenters. The van der Waals surface area contributed by atoms with Crippen molar-refractivity contribution in [2.24, 2.45) is 0 Å². The minimum Gasteiger partial charge on any atom is -0.388 e. The van der Waals surface area contributed by atoms with Crippen LogP contribution in [0.3, 0.4) is 0 Å². The van der Waals surface area contributed by atoms with Crippen LogP contribution in [0.25, 0.3) is 0 Å². The second kappa shape index (κ2) is 2.15. The van der Waals surface area contributed by atoms with Crippen molar-refractivity contribution in [1.29, 1.82) is 0 Å². The molecule has 0 aliphatic carbocycles. The van der Waals surface area contributed by atoms with Crippen molar-refractivity contribution in [3.63, 3.8) is 0 Å². The Morgan fingerprint density at radius 1 is 1.27 bits per heavy atom. The fourth-order valence-corrected chi connectivity index (χ4v) is 1.49. The number of hydrogen-bond acceptors (Lipinski definition) is 5. The van der Waals surface area contributed by atoms with Gasteiger partial charge in [-0.25, -0.2) is 0 Å². The van der Waals surface area contributed by atoms with Crippen molar-refractivity contribution in [2.45, 2.75) is 24.1 Å². The van der Waals surface area contributed by atoms with E-state index in [0.717, 1.165) is 0 Å². The number of rotatable bonds is 0. The molecule has 0 spiro atoms. The van der Waals surface area contributed by atoms with E-state index in [-0.39, 0.29) is 13.2 Å². The molecule has 2 aliphatic heterocycles. The van der Waals surface area contributed by atoms with E-state index in [9.17, 15) is 10.2 Å². The molecule has 0 amide bonds. The SMILES string of the molecule is O[C@@H]1CO[C@H]2[C@@H]1OCC2(O)O. The van der Waals surface area contributed by atoms with Crippen LogP contribution in [0.2, 0.25) is 0 Å². The van der Waals surface area contributed by atoms with Crippen LogP contribution in [0.4, 0.5) is 0 Å². The zero-order valence-electron chi connectivity index (χ0n) is 5.80. The minimum atomic E-state index is -1.93. The van der Waals surface area contributed by atoms with Gasteiger partial charge in [-0.2, -0.15) is 0 Å². The van der Waals surface area contributed by atoms with Crippen LogP contribution in [-0.4, -0.2) is 52.6 Å². The number of ether oxygens (including phenoxy) is 2. The smallest absolute Gasteiger partial charge is 0.216 e. The summed E-state index contributed by atoms with van der Waals surface area (Å²) < 4.78 is 9.86. The van der Waals surface area contributed by atoms with Crippen LogP contribution in [0.5, 0.6) is 0 Å². The van der Waals surface area contributed by atoms with Gasteiger partial charge in [-0.3, -0.25) is 0 Å². The molecule has 2 rings (SSSR count). The summed E-state index contributed by atoms with van der Waals surface area (Å²) in [7, 11) is 0. The predicted octanol–water partition coefficient (Wildman–Crippen LogP) is -2.17. The van der Waals surface area contributed by atoms with E-state index in [1.165, 1.54) is 0 Å². The van der Waals surface area contributed by atoms with E-state index in [4.69, 9.17) is 14.6 Å². The molecule has 5 heteroatoms. The molecular formula is C6H10O5. The maximum Gasteiger partial charge on any atom is 0.216 e. The van der Waals surface area contributed by atoms with Gasteiger partial charge in [0.05, 0.1) is 6.61 Å². The van der Waals surface area contributed by atoms with E-state index in [1.54, 1.807) is 0 Å².